The Morgan fingerprint density at radius 1 is 1.15 bits per heavy atom. The molecular formula is C20H27BNO4. The summed E-state index contributed by atoms with van der Waals surface area (Å²) >= 11 is 0. The molecule has 0 aromatic heterocycles. The van der Waals surface area contributed by atoms with Gasteiger partial charge in [-0.05, 0) is 49.2 Å². The Kier molecular flexibility index (Phi) is 7.09. The van der Waals surface area contributed by atoms with Crippen molar-refractivity contribution < 1.29 is 20.1 Å². The molecule has 1 radical (unpaired) electrons. The van der Waals surface area contributed by atoms with Crippen molar-refractivity contribution in [1.82, 2.24) is 5.32 Å². The molecule has 2 aromatic rings. The maximum absolute atomic E-state index is 10.4. The van der Waals surface area contributed by atoms with Crippen LogP contribution in [0.5, 0.6) is 11.5 Å². The van der Waals surface area contributed by atoms with Crippen LogP contribution in [0.25, 0.3) is 0 Å². The third-order valence-electron chi connectivity index (χ3n) is 4.39. The minimum absolute atomic E-state index is 0.0275. The van der Waals surface area contributed by atoms with E-state index in [1.807, 2.05) is 52.2 Å². The van der Waals surface area contributed by atoms with Crippen molar-refractivity contribution in [2.75, 3.05) is 13.1 Å². The molecule has 1 atom stereocenters. The highest BCUT2D eigenvalue weighted by molar-refractivity contribution is 6.33. The molecule has 139 valence electrons. The highest BCUT2D eigenvalue weighted by Crippen LogP contribution is 2.25. The van der Waals surface area contributed by atoms with Crippen molar-refractivity contribution in [3.8, 4) is 11.5 Å². The van der Waals surface area contributed by atoms with Crippen LogP contribution in [0.15, 0.2) is 42.5 Å². The Morgan fingerprint density at radius 2 is 1.85 bits per heavy atom. The SMILES string of the molecule is C[B]COc1ccc(C(C)(C)NC[C@H](O)c2ccc(O)c(CO)c2)cc1. The smallest absolute Gasteiger partial charge is 0.158 e. The van der Waals surface area contributed by atoms with Gasteiger partial charge in [0.1, 0.15) is 11.5 Å². The predicted octanol–water partition coefficient (Wildman–Crippen LogP) is 2.53. The zero-order chi connectivity index (χ0) is 19.2. The molecule has 0 aliphatic carbocycles. The topological polar surface area (TPSA) is 82.0 Å². The first-order chi connectivity index (χ1) is 12.4. The van der Waals surface area contributed by atoms with Gasteiger partial charge < -0.3 is 25.4 Å². The summed E-state index contributed by atoms with van der Waals surface area (Å²) in [5.41, 5.74) is 1.79. The van der Waals surface area contributed by atoms with Crippen molar-refractivity contribution in [2.45, 2.75) is 38.9 Å². The molecule has 0 bridgehead atoms. The van der Waals surface area contributed by atoms with E-state index >= 15 is 0 Å². The molecule has 6 heteroatoms. The summed E-state index contributed by atoms with van der Waals surface area (Å²) in [7, 11) is 1.95. The van der Waals surface area contributed by atoms with E-state index < -0.39 is 6.10 Å². The van der Waals surface area contributed by atoms with E-state index in [2.05, 4.69) is 5.32 Å². The maximum Gasteiger partial charge on any atom is 0.158 e. The van der Waals surface area contributed by atoms with Gasteiger partial charge in [-0.25, -0.2) is 0 Å². The van der Waals surface area contributed by atoms with Crippen LogP contribution in [0.1, 0.15) is 36.6 Å². The van der Waals surface area contributed by atoms with Crippen LogP contribution in [0.2, 0.25) is 6.82 Å². The second-order valence-electron chi connectivity index (χ2n) is 6.81. The summed E-state index contributed by atoms with van der Waals surface area (Å²) in [6, 6.07) is 12.7. The lowest BCUT2D eigenvalue weighted by Gasteiger charge is -2.29. The molecule has 0 saturated carbocycles. The summed E-state index contributed by atoms with van der Waals surface area (Å²) in [5.74, 6) is 0.850. The second-order valence-corrected chi connectivity index (χ2v) is 6.81. The maximum atomic E-state index is 10.4. The number of phenols is 1. The molecule has 0 fully saturated rings. The van der Waals surface area contributed by atoms with Crippen LogP contribution < -0.4 is 10.1 Å². The highest BCUT2D eigenvalue weighted by Gasteiger charge is 2.22. The van der Waals surface area contributed by atoms with Gasteiger partial charge in [-0.2, -0.15) is 0 Å². The first-order valence-electron chi connectivity index (χ1n) is 8.74. The van der Waals surface area contributed by atoms with E-state index in [1.165, 1.54) is 6.07 Å². The van der Waals surface area contributed by atoms with Crippen molar-refractivity contribution >= 4 is 7.28 Å². The van der Waals surface area contributed by atoms with Gasteiger partial charge in [0.15, 0.2) is 7.28 Å². The summed E-state index contributed by atoms with van der Waals surface area (Å²) in [6.07, 6.45) is -0.747. The molecule has 0 unspecified atom stereocenters. The van der Waals surface area contributed by atoms with Gasteiger partial charge >= 0.3 is 0 Å². The minimum atomic E-state index is -0.747. The molecule has 2 aromatic carbocycles. The van der Waals surface area contributed by atoms with Crippen LogP contribution in [0.4, 0.5) is 0 Å². The molecule has 0 heterocycles. The van der Waals surface area contributed by atoms with E-state index in [0.717, 1.165) is 11.3 Å². The molecule has 0 spiro atoms. The van der Waals surface area contributed by atoms with E-state index in [0.29, 0.717) is 24.2 Å². The predicted molar refractivity (Wildman–Crippen MR) is 104 cm³/mol. The average Bonchev–Trinajstić information content (AvgIpc) is 2.65. The molecule has 0 aliphatic heterocycles. The van der Waals surface area contributed by atoms with Crippen molar-refractivity contribution in [1.29, 1.82) is 0 Å². The number of aliphatic hydroxyl groups excluding tert-OH is 2. The fourth-order valence-electron chi connectivity index (χ4n) is 2.66. The fourth-order valence-corrected chi connectivity index (χ4v) is 2.66. The van der Waals surface area contributed by atoms with Gasteiger partial charge in [0.05, 0.1) is 19.2 Å². The Hall–Kier alpha value is -2.02. The number of aromatic hydroxyl groups is 1. The lowest BCUT2D eigenvalue weighted by atomic mass is 9.85. The van der Waals surface area contributed by atoms with E-state index in [4.69, 9.17) is 4.74 Å². The number of hydrogen-bond donors (Lipinski definition) is 4. The zero-order valence-electron chi connectivity index (χ0n) is 15.6. The van der Waals surface area contributed by atoms with Crippen LogP contribution >= 0.6 is 0 Å². The summed E-state index contributed by atoms with van der Waals surface area (Å²) in [5, 5.41) is 32.7. The molecule has 0 saturated heterocycles. The van der Waals surface area contributed by atoms with E-state index in [-0.39, 0.29) is 17.9 Å². The first kappa shape index (κ1) is 20.3. The van der Waals surface area contributed by atoms with E-state index in [1.54, 1.807) is 12.1 Å². The number of aliphatic hydroxyl groups is 2. The van der Waals surface area contributed by atoms with Crippen molar-refractivity contribution in [3.05, 3.63) is 59.2 Å². The lowest BCUT2D eigenvalue weighted by molar-refractivity contribution is 0.160. The molecule has 5 nitrogen and oxygen atoms in total. The van der Waals surface area contributed by atoms with Gasteiger partial charge in [0, 0.05) is 17.6 Å². The Morgan fingerprint density at radius 3 is 2.46 bits per heavy atom. The zero-order valence-corrected chi connectivity index (χ0v) is 15.6. The molecular weight excluding hydrogens is 329 g/mol. The van der Waals surface area contributed by atoms with Gasteiger partial charge in [-0.3, -0.25) is 0 Å². The monoisotopic (exact) mass is 356 g/mol. The van der Waals surface area contributed by atoms with Gasteiger partial charge in [-0.1, -0.05) is 25.0 Å². The molecule has 0 amide bonds. The normalized spacial score (nSPS) is 12.7. The van der Waals surface area contributed by atoms with Crippen LogP contribution in [-0.2, 0) is 12.1 Å². The number of rotatable bonds is 9. The highest BCUT2D eigenvalue weighted by atomic mass is 16.5. The minimum Gasteiger partial charge on any atom is -0.508 e. The van der Waals surface area contributed by atoms with Gasteiger partial charge in [0.25, 0.3) is 0 Å². The van der Waals surface area contributed by atoms with Crippen LogP contribution in [-0.4, -0.2) is 35.7 Å². The third kappa shape index (κ3) is 5.24. The Labute approximate surface area is 155 Å². The largest absolute Gasteiger partial charge is 0.508 e. The van der Waals surface area contributed by atoms with Gasteiger partial charge in [-0.15, -0.1) is 0 Å². The van der Waals surface area contributed by atoms with Crippen molar-refractivity contribution in [3.63, 3.8) is 0 Å². The average molecular weight is 356 g/mol. The number of hydrogen-bond acceptors (Lipinski definition) is 5. The third-order valence-corrected chi connectivity index (χ3v) is 4.39. The summed E-state index contributed by atoms with van der Waals surface area (Å²) < 4.78 is 5.55. The summed E-state index contributed by atoms with van der Waals surface area (Å²) in [4.78, 5) is 0. The fraction of sp³-hybridized carbons (Fsp3) is 0.400. The molecule has 0 aliphatic rings. The Balaban J connectivity index is 2.00. The number of ether oxygens (including phenoxy) is 1. The lowest BCUT2D eigenvalue weighted by Crippen LogP contribution is -2.39. The summed E-state index contributed by atoms with van der Waals surface area (Å²) in [6.45, 7) is 6.69. The van der Waals surface area contributed by atoms with Crippen molar-refractivity contribution in [2.24, 2.45) is 0 Å². The van der Waals surface area contributed by atoms with Gasteiger partial charge in [0.2, 0.25) is 0 Å². The number of nitrogens with one attached hydrogen (secondary N) is 1. The quantitative estimate of drug-likeness (QED) is 0.519. The Bertz CT molecular complexity index is 703. The molecule has 2 rings (SSSR count). The van der Waals surface area contributed by atoms with Crippen LogP contribution in [0.3, 0.4) is 0 Å². The number of benzene rings is 2. The van der Waals surface area contributed by atoms with Crippen LogP contribution in [0, 0.1) is 0 Å². The molecule has 4 N–H and O–H groups in total. The first-order valence-corrected chi connectivity index (χ1v) is 8.74. The second kappa shape index (κ2) is 9.08. The molecule has 26 heavy (non-hydrogen) atoms. The van der Waals surface area contributed by atoms with E-state index in [9.17, 15) is 15.3 Å². The standard InChI is InChI=1S/C20H27BNO4/c1-20(2,16-5-7-17(8-6-16)26-13-21-3)22-11-19(25)14-4-9-18(24)15(10-14)12-23/h4-10,19,22-25H,11-13H2,1-3H3/t19-/m0/s1.